The topological polar surface area (TPSA) is 51.5 Å². The van der Waals surface area contributed by atoms with Gasteiger partial charge < -0.3 is 14.2 Å². The fourth-order valence-electron chi connectivity index (χ4n) is 3.03. The number of nitrogens with zero attached hydrogens (tertiary/aromatic N) is 1. The van der Waals surface area contributed by atoms with E-state index in [9.17, 15) is 5.26 Å². The second-order valence-electron chi connectivity index (χ2n) is 6.94. The van der Waals surface area contributed by atoms with Crippen LogP contribution in [0, 0.1) is 21.8 Å². The number of nitriles is 1. The number of hydrogen-bond acceptors (Lipinski definition) is 4. The highest BCUT2D eigenvalue weighted by atomic mass is 127. The van der Waals surface area contributed by atoms with Gasteiger partial charge in [0.1, 0.15) is 12.4 Å². The van der Waals surface area contributed by atoms with Crippen molar-refractivity contribution < 1.29 is 14.2 Å². The number of methoxy groups -OCH3 is 1. The Morgan fingerprint density at radius 2 is 1.74 bits per heavy atom. The smallest absolute Gasteiger partial charge is 0.175 e. The van der Waals surface area contributed by atoms with Gasteiger partial charge in [-0.1, -0.05) is 29.8 Å². The fourth-order valence-corrected chi connectivity index (χ4v) is 3.81. The molecule has 5 heteroatoms. The zero-order chi connectivity index (χ0) is 22.2. The number of rotatable bonds is 8. The summed E-state index contributed by atoms with van der Waals surface area (Å²) >= 11 is 2.25. The van der Waals surface area contributed by atoms with E-state index in [2.05, 4.69) is 59.8 Å². The molecule has 0 atom stereocenters. The monoisotopic (exact) mass is 525 g/mol. The first-order valence-corrected chi connectivity index (χ1v) is 11.0. The number of ether oxygens (including phenoxy) is 3. The number of benzene rings is 3. The summed E-state index contributed by atoms with van der Waals surface area (Å²) in [6.07, 6.45) is 1.86. The highest BCUT2D eigenvalue weighted by Crippen LogP contribution is 2.36. The Bertz CT molecular complexity index is 1100. The van der Waals surface area contributed by atoms with Crippen molar-refractivity contribution in [1.82, 2.24) is 0 Å². The van der Waals surface area contributed by atoms with Crippen LogP contribution in [-0.4, -0.2) is 13.7 Å². The summed E-state index contributed by atoms with van der Waals surface area (Å²) in [5.74, 6) is 2.13. The minimum Gasteiger partial charge on any atom is -0.497 e. The van der Waals surface area contributed by atoms with Gasteiger partial charge in [0, 0.05) is 0 Å². The Morgan fingerprint density at radius 3 is 2.35 bits per heavy atom. The zero-order valence-electron chi connectivity index (χ0n) is 17.8. The molecule has 0 aliphatic heterocycles. The lowest BCUT2D eigenvalue weighted by atomic mass is 10.0. The second-order valence-corrected chi connectivity index (χ2v) is 8.10. The van der Waals surface area contributed by atoms with Crippen molar-refractivity contribution in [3.8, 4) is 23.3 Å². The van der Waals surface area contributed by atoms with Crippen molar-refractivity contribution in [2.24, 2.45) is 0 Å². The van der Waals surface area contributed by atoms with Gasteiger partial charge in [-0.25, -0.2) is 0 Å². The van der Waals surface area contributed by atoms with Crippen molar-refractivity contribution in [1.29, 1.82) is 5.26 Å². The Balaban J connectivity index is 1.89. The number of hydrogen-bond donors (Lipinski definition) is 0. The summed E-state index contributed by atoms with van der Waals surface area (Å²) in [4.78, 5) is 0. The quantitative estimate of drug-likeness (QED) is 0.188. The van der Waals surface area contributed by atoms with Gasteiger partial charge in [-0.05, 0) is 95.6 Å². The molecule has 158 valence electrons. The molecule has 0 spiro atoms. The molecule has 0 N–H and O–H groups in total. The van der Waals surface area contributed by atoms with Crippen LogP contribution in [0.5, 0.6) is 17.2 Å². The molecule has 3 aromatic carbocycles. The third kappa shape index (κ3) is 6.02. The van der Waals surface area contributed by atoms with Crippen LogP contribution in [0.25, 0.3) is 11.6 Å². The lowest BCUT2D eigenvalue weighted by Crippen LogP contribution is -2.02. The maximum atomic E-state index is 9.69. The van der Waals surface area contributed by atoms with E-state index >= 15 is 0 Å². The molecule has 0 aromatic heterocycles. The van der Waals surface area contributed by atoms with Crippen LogP contribution in [0.15, 0.2) is 60.7 Å². The third-order valence-electron chi connectivity index (χ3n) is 4.67. The molecule has 4 nitrogen and oxygen atoms in total. The van der Waals surface area contributed by atoms with Crippen LogP contribution < -0.4 is 14.2 Å². The van der Waals surface area contributed by atoms with Crippen molar-refractivity contribution in [2.45, 2.75) is 20.5 Å². The number of halogens is 1. The maximum absolute atomic E-state index is 9.69. The normalized spacial score (nSPS) is 11.0. The van der Waals surface area contributed by atoms with Gasteiger partial charge in [-0.15, -0.1) is 0 Å². The Kier molecular flexibility index (Phi) is 7.96. The molecule has 3 rings (SSSR count). The lowest BCUT2D eigenvalue weighted by Gasteiger charge is -2.15. The van der Waals surface area contributed by atoms with Crippen molar-refractivity contribution in [3.63, 3.8) is 0 Å². The highest BCUT2D eigenvalue weighted by molar-refractivity contribution is 14.1. The molecule has 0 fully saturated rings. The first kappa shape index (κ1) is 22.7. The van der Waals surface area contributed by atoms with Gasteiger partial charge >= 0.3 is 0 Å². The summed E-state index contributed by atoms with van der Waals surface area (Å²) in [5, 5.41) is 9.69. The average molecular weight is 525 g/mol. The lowest BCUT2D eigenvalue weighted by molar-refractivity contribution is 0.267. The van der Waals surface area contributed by atoms with E-state index in [0.29, 0.717) is 30.3 Å². The predicted octanol–water partition coefficient (Wildman–Crippen LogP) is 6.65. The fraction of sp³-hybridized carbons (Fsp3) is 0.192. The van der Waals surface area contributed by atoms with Gasteiger partial charge in [0.25, 0.3) is 0 Å². The SMILES string of the molecule is CCOc1cc(/C=C(\C#N)c2ccc(OC)cc2)cc(I)c1OCc1ccc(C)cc1. The van der Waals surface area contributed by atoms with Crippen LogP contribution >= 0.6 is 22.6 Å². The van der Waals surface area contributed by atoms with Crippen LogP contribution in [0.1, 0.15) is 29.2 Å². The maximum Gasteiger partial charge on any atom is 0.175 e. The Hall–Kier alpha value is -2.98. The molecule has 0 amide bonds. The highest BCUT2D eigenvalue weighted by Gasteiger charge is 2.13. The Labute approximate surface area is 197 Å². The van der Waals surface area contributed by atoms with Crippen LogP contribution in [-0.2, 0) is 6.61 Å². The largest absolute Gasteiger partial charge is 0.497 e. The van der Waals surface area contributed by atoms with Crippen LogP contribution in [0.4, 0.5) is 0 Å². The minimum absolute atomic E-state index is 0.459. The molecule has 3 aromatic rings. The van der Waals surface area contributed by atoms with Gasteiger partial charge in [-0.3, -0.25) is 0 Å². The van der Waals surface area contributed by atoms with Crippen molar-refractivity contribution in [2.75, 3.05) is 13.7 Å². The summed E-state index contributed by atoms with van der Waals surface area (Å²) in [7, 11) is 1.62. The molecule has 0 radical (unpaired) electrons. The van der Waals surface area contributed by atoms with Gasteiger partial charge in [0.2, 0.25) is 0 Å². The molecule has 0 aliphatic rings. The van der Waals surface area contributed by atoms with Crippen molar-refractivity contribution >= 4 is 34.2 Å². The molecule has 0 heterocycles. The first-order valence-electron chi connectivity index (χ1n) is 9.95. The minimum atomic E-state index is 0.459. The number of allylic oxidation sites excluding steroid dienone is 1. The van der Waals surface area contributed by atoms with E-state index in [-0.39, 0.29) is 0 Å². The average Bonchev–Trinajstić information content (AvgIpc) is 2.78. The molecule has 0 aliphatic carbocycles. The first-order chi connectivity index (χ1) is 15.0. The molecule has 0 saturated heterocycles. The number of aryl methyl sites for hydroxylation is 1. The van der Waals surface area contributed by atoms with Crippen LogP contribution in [0.2, 0.25) is 0 Å². The van der Waals surface area contributed by atoms with E-state index in [1.165, 1.54) is 5.56 Å². The summed E-state index contributed by atoms with van der Waals surface area (Å²) in [6, 6.07) is 21.9. The molecule has 31 heavy (non-hydrogen) atoms. The van der Waals surface area contributed by atoms with Gasteiger partial charge in [-0.2, -0.15) is 5.26 Å². The van der Waals surface area contributed by atoms with E-state index in [1.807, 2.05) is 49.4 Å². The van der Waals surface area contributed by atoms with E-state index in [4.69, 9.17) is 14.2 Å². The van der Waals surface area contributed by atoms with Gasteiger partial charge in [0.05, 0.1) is 28.9 Å². The standard InChI is InChI=1S/C26H24INO3/c1-4-30-25-15-20(13-22(16-28)21-9-11-23(29-3)12-10-21)14-24(27)26(25)31-17-19-7-5-18(2)6-8-19/h5-15H,4,17H2,1-3H3/b22-13+. The molecule has 0 bridgehead atoms. The molecule has 0 saturated carbocycles. The molecular weight excluding hydrogens is 501 g/mol. The van der Waals surface area contributed by atoms with E-state index in [1.54, 1.807) is 7.11 Å². The van der Waals surface area contributed by atoms with E-state index < -0.39 is 0 Å². The van der Waals surface area contributed by atoms with E-state index in [0.717, 1.165) is 26.0 Å². The summed E-state index contributed by atoms with van der Waals surface area (Å²) in [6.45, 7) is 4.99. The second kappa shape index (κ2) is 10.9. The predicted molar refractivity (Wildman–Crippen MR) is 132 cm³/mol. The zero-order valence-corrected chi connectivity index (χ0v) is 20.0. The van der Waals surface area contributed by atoms with Gasteiger partial charge in [0.15, 0.2) is 11.5 Å². The van der Waals surface area contributed by atoms with Crippen molar-refractivity contribution in [3.05, 3.63) is 86.5 Å². The van der Waals surface area contributed by atoms with Crippen LogP contribution in [0.3, 0.4) is 0 Å². The summed E-state index contributed by atoms with van der Waals surface area (Å²) in [5.41, 5.74) is 4.59. The third-order valence-corrected chi connectivity index (χ3v) is 5.47. The summed E-state index contributed by atoms with van der Waals surface area (Å²) < 4.78 is 18.1. The molecular formula is C26H24INO3. The molecule has 0 unspecified atom stereocenters. The Morgan fingerprint density at radius 1 is 1.03 bits per heavy atom.